The van der Waals surface area contributed by atoms with Crippen molar-refractivity contribution >= 4 is 34.7 Å². The molecular weight excluding hydrogens is 406 g/mol. The predicted octanol–water partition coefficient (Wildman–Crippen LogP) is 5.18. The molecule has 1 heterocycles. The van der Waals surface area contributed by atoms with E-state index in [0.717, 1.165) is 24.9 Å². The number of hydrogen-bond acceptors (Lipinski definition) is 3. The van der Waals surface area contributed by atoms with E-state index in [1.54, 1.807) is 18.2 Å². The van der Waals surface area contributed by atoms with E-state index >= 15 is 0 Å². The van der Waals surface area contributed by atoms with Crippen molar-refractivity contribution in [1.29, 1.82) is 0 Å². The highest BCUT2D eigenvalue weighted by Gasteiger charge is 2.16. The molecule has 4 aromatic rings. The lowest BCUT2D eigenvalue weighted by Crippen LogP contribution is -2.21. The van der Waals surface area contributed by atoms with Crippen LogP contribution >= 0.6 is 12.2 Å². The molecule has 154 valence electrons. The van der Waals surface area contributed by atoms with Gasteiger partial charge in [-0.15, -0.1) is 0 Å². The Morgan fingerprint density at radius 3 is 2.61 bits per heavy atom. The Bertz CT molecular complexity index is 1420. The fraction of sp³-hybridized carbons (Fsp3) is 0.160. The Morgan fingerprint density at radius 2 is 1.77 bits per heavy atom. The van der Waals surface area contributed by atoms with Crippen molar-refractivity contribution in [3.05, 3.63) is 98.5 Å². The van der Waals surface area contributed by atoms with E-state index in [-0.39, 0.29) is 11.5 Å². The smallest absolute Gasteiger partial charge is 0.266 e. The topological polar surface area (TPSA) is 66.9 Å². The second-order valence-corrected chi connectivity index (χ2v) is 8.16. The molecule has 1 aromatic heterocycles. The number of rotatable bonds is 3. The number of fused-ring (bicyclic) bond motifs is 2. The number of nitrogens with zero attached hydrogens (tertiary/aromatic N) is 1. The highest BCUT2D eigenvalue weighted by Crippen LogP contribution is 2.28. The Kier molecular flexibility index (Phi) is 5.00. The SMILES string of the molecule is O=C(Nc1cccc2c1CCCC2)c1ccc2c(=O)n(-c3ccccc3)c(=S)[nH]c2c1. The van der Waals surface area contributed by atoms with Crippen LogP contribution in [0, 0.1) is 4.77 Å². The van der Waals surface area contributed by atoms with Crippen LogP contribution < -0.4 is 10.9 Å². The summed E-state index contributed by atoms with van der Waals surface area (Å²) in [5.74, 6) is -0.201. The minimum absolute atomic E-state index is 0.201. The van der Waals surface area contributed by atoms with Gasteiger partial charge in [0.1, 0.15) is 0 Å². The van der Waals surface area contributed by atoms with Crippen LogP contribution in [0.2, 0.25) is 0 Å². The summed E-state index contributed by atoms with van der Waals surface area (Å²) in [6, 6.07) is 20.4. The quantitative estimate of drug-likeness (QED) is 0.443. The van der Waals surface area contributed by atoms with Gasteiger partial charge in [0.2, 0.25) is 0 Å². The van der Waals surface area contributed by atoms with E-state index in [1.807, 2.05) is 42.5 Å². The van der Waals surface area contributed by atoms with Crippen LogP contribution in [0.1, 0.15) is 34.3 Å². The van der Waals surface area contributed by atoms with Gasteiger partial charge < -0.3 is 10.3 Å². The zero-order valence-electron chi connectivity index (χ0n) is 16.9. The number of hydrogen-bond donors (Lipinski definition) is 2. The van der Waals surface area contributed by atoms with Crippen molar-refractivity contribution < 1.29 is 4.79 Å². The molecule has 0 bridgehead atoms. The molecule has 5 nitrogen and oxygen atoms in total. The zero-order chi connectivity index (χ0) is 21.4. The van der Waals surface area contributed by atoms with Crippen molar-refractivity contribution in [2.75, 3.05) is 5.32 Å². The number of para-hydroxylation sites is 1. The van der Waals surface area contributed by atoms with Gasteiger partial charge in [0.25, 0.3) is 11.5 Å². The third-order valence-corrected chi connectivity index (χ3v) is 6.10. The van der Waals surface area contributed by atoms with Gasteiger partial charge in [-0.3, -0.25) is 14.2 Å². The van der Waals surface area contributed by atoms with E-state index < -0.39 is 0 Å². The molecule has 0 saturated heterocycles. The number of aryl methyl sites for hydroxylation is 1. The average molecular weight is 428 g/mol. The Balaban J connectivity index is 1.52. The third kappa shape index (κ3) is 3.59. The van der Waals surface area contributed by atoms with Gasteiger partial charge in [-0.25, -0.2) is 0 Å². The number of nitrogens with one attached hydrogen (secondary N) is 2. The molecule has 3 aromatic carbocycles. The summed E-state index contributed by atoms with van der Waals surface area (Å²) in [6.07, 6.45) is 4.36. The number of benzene rings is 3. The molecule has 6 heteroatoms. The molecule has 2 N–H and O–H groups in total. The number of carbonyl (C=O) groups is 1. The van der Waals surface area contributed by atoms with E-state index in [1.165, 1.54) is 22.1 Å². The van der Waals surface area contributed by atoms with Crippen molar-refractivity contribution in [2.24, 2.45) is 0 Å². The highest BCUT2D eigenvalue weighted by atomic mass is 32.1. The van der Waals surface area contributed by atoms with Crippen LogP contribution in [0.3, 0.4) is 0 Å². The maximum atomic E-state index is 13.1. The van der Waals surface area contributed by atoms with E-state index in [9.17, 15) is 9.59 Å². The lowest BCUT2D eigenvalue weighted by molar-refractivity contribution is 0.102. The van der Waals surface area contributed by atoms with Gasteiger partial charge in [0.15, 0.2) is 4.77 Å². The van der Waals surface area contributed by atoms with Crippen LogP contribution in [0.25, 0.3) is 16.6 Å². The third-order valence-electron chi connectivity index (χ3n) is 5.82. The van der Waals surface area contributed by atoms with Gasteiger partial charge >= 0.3 is 0 Å². The predicted molar refractivity (Wildman–Crippen MR) is 126 cm³/mol. The lowest BCUT2D eigenvalue weighted by Gasteiger charge is -2.19. The first-order chi connectivity index (χ1) is 15.1. The summed E-state index contributed by atoms with van der Waals surface area (Å²) in [7, 11) is 0. The number of aromatic nitrogens is 2. The van der Waals surface area contributed by atoms with Crippen molar-refractivity contribution in [3.63, 3.8) is 0 Å². The van der Waals surface area contributed by atoms with Crippen molar-refractivity contribution in [3.8, 4) is 5.69 Å². The van der Waals surface area contributed by atoms with Gasteiger partial charge in [-0.1, -0.05) is 30.3 Å². The maximum Gasteiger partial charge on any atom is 0.266 e. The summed E-state index contributed by atoms with van der Waals surface area (Å²) in [5, 5.41) is 3.53. The van der Waals surface area contributed by atoms with Crippen LogP contribution in [0.15, 0.2) is 71.5 Å². The molecular formula is C25H21N3O2S. The molecule has 1 amide bonds. The number of aromatic amines is 1. The summed E-state index contributed by atoms with van der Waals surface area (Å²) >= 11 is 5.44. The maximum absolute atomic E-state index is 13.1. The van der Waals surface area contributed by atoms with Gasteiger partial charge in [-0.2, -0.15) is 0 Å². The van der Waals surface area contributed by atoms with Gasteiger partial charge in [-0.05, 0) is 85.4 Å². The first-order valence-electron chi connectivity index (χ1n) is 10.4. The van der Waals surface area contributed by atoms with Gasteiger partial charge in [0.05, 0.1) is 16.6 Å². The number of anilines is 1. The summed E-state index contributed by atoms with van der Waals surface area (Å²) < 4.78 is 1.76. The fourth-order valence-electron chi connectivity index (χ4n) is 4.26. The molecule has 0 spiro atoms. The van der Waals surface area contributed by atoms with Crippen molar-refractivity contribution in [1.82, 2.24) is 9.55 Å². The first kappa shape index (κ1) is 19.5. The minimum atomic E-state index is -0.214. The van der Waals surface area contributed by atoms with Gasteiger partial charge in [0, 0.05) is 11.3 Å². The Morgan fingerprint density at radius 1 is 0.968 bits per heavy atom. The second-order valence-electron chi connectivity index (χ2n) is 7.77. The summed E-state index contributed by atoms with van der Waals surface area (Å²) in [6.45, 7) is 0. The Labute approximate surface area is 184 Å². The van der Waals surface area contributed by atoms with Crippen molar-refractivity contribution in [2.45, 2.75) is 25.7 Å². The summed E-state index contributed by atoms with van der Waals surface area (Å²) in [4.78, 5) is 29.1. The zero-order valence-corrected chi connectivity index (χ0v) is 17.7. The molecule has 0 atom stereocenters. The normalized spacial score (nSPS) is 13.0. The molecule has 0 aliphatic heterocycles. The molecule has 0 fully saturated rings. The number of H-pyrrole nitrogens is 1. The molecule has 0 unspecified atom stereocenters. The van der Waals surface area contributed by atoms with Crippen LogP contribution in [-0.2, 0) is 12.8 Å². The second kappa shape index (κ2) is 7.96. The summed E-state index contributed by atoms with van der Waals surface area (Å²) in [5.41, 5.74) is 4.92. The fourth-order valence-corrected chi connectivity index (χ4v) is 4.56. The van der Waals surface area contributed by atoms with E-state index in [0.29, 0.717) is 26.9 Å². The average Bonchev–Trinajstić information content (AvgIpc) is 2.79. The number of amides is 1. The Hall–Kier alpha value is -3.51. The molecule has 1 aliphatic rings. The van der Waals surface area contributed by atoms with E-state index in [2.05, 4.69) is 16.4 Å². The largest absolute Gasteiger partial charge is 0.331 e. The molecule has 1 aliphatic carbocycles. The lowest BCUT2D eigenvalue weighted by atomic mass is 9.90. The number of carbonyl (C=O) groups excluding carboxylic acids is 1. The van der Waals surface area contributed by atoms with Crippen LogP contribution in [0.4, 0.5) is 5.69 Å². The molecule has 0 saturated carbocycles. The minimum Gasteiger partial charge on any atom is -0.331 e. The molecule has 5 rings (SSSR count). The van der Waals surface area contributed by atoms with Crippen LogP contribution in [-0.4, -0.2) is 15.5 Å². The monoisotopic (exact) mass is 427 g/mol. The molecule has 0 radical (unpaired) electrons. The van der Waals surface area contributed by atoms with Crippen LogP contribution in [0.5, 0.6) is 0 Å². The highest BCUT2D eigenvalue weighted by molar-refractivity contribution is 7.71. The standard InChI is InChI=1S/C25H21N3O2S/c29-23(26-21-12-6-8-16-7-4-5-11-19(16)21)17-13-14-20-22(15-17)27-25(31)28(24(20)30)18-9-2-1-3-10-18/h1-3,6,8-10,12-15H,4-5,7,11H2,(H,26,29)(H,27,31). The first-order valence-corrected chi connectivity index (χ1v) is 10.8. The van der Waals surface area contributed by atoms with E-state index in [4.69, 9.17) is 12.2 Å². The molecule has 31 heavy (non-hydrogen) atoms.